The van der Waals surface area contributed by atoms with Gasteiger partial charge in [-0.25, -0.2) is 0 Å². The molecule has 0 radical (unpaired) electrons. The molecular formula is C18H13NO4. The number of hydrogen-bond acceptors (Lipinski definition) is 4. The Bertz CT molecular complexity index is 968. The molecule has 0 saturated heterocycles. The number of fused-ring (bicyclic) bond motifs is 1. The third-order valence-electron chi connectivity index (χ3n) is 3.51. The Morgan fingerprint density at radius 3 is 2.52 bits per heavy atom. The lowest BCUT2D eigenvalue weighted by Gasteiger charge is -2.00. The second-order valence-electron chi connectivity index (χ2n) is 5.20. The molecule has 0 aliphatic heterocycles. The predicted molar refractivity (Wildman–Crippen MR) is 89.2 cm³/mol. The van der Waals surface area contributed by atoms with Gasteiger partial charge in [-0.2, -0.15) is 0 Å². The minimum Gasteiger partial charge on any atom is -0.463 e. The van der Waals surface area contributed by atoms with Crippen LogP contribution in [-0.2, 0) is 0 Å². The van der Waals surface area contributed by atoms with Crippen molar-refractivity contribution in [2.75, 3.05) is 0 Å². The maximum absolute atomic E-state index is 12.4. The normalized spacial score (nSPS) is 11.2. The van der Waals surface area contributed by atoms with Crippen LogP contribution >= 0.6 is 0 Å². The van der Waals surface area contributed by atoms with Gasteiger partial charge in [0.05, 0.1) is 15.9 Å². The fourth-order valence-corrected chi connectivity index (χ4v) is 2.27. The monoisotopic (exact) mass is 307 g/mol. The highest BCUT2D eigenvalue weighted by Gasteiger charge is 2.05. The first-order valence-corrected chi connectivity index (χ1v) is 6.99. The molecular weight excluding hydrogens is 294 g/mol. The van der Waals surface area contributed by atoms with Gasteiger partial charge in [0, 0.05) is 12.1 Å². The van der Waals surface area contributed by atoms with Gasteiger partial charge < -0.3 is 4.42 Å². The fraction of sp³-hybridized carbons (Fsp3) is 0.0556. The van der Waals surface area contributed by atoms with Crippen molar-refractivity contribution >= 4 is 28.8 Å². The highest BCUT2D eigenvalue weighted by molar-refractivity contribution is 5.81. The maximum atomic E-state index is 12.4. The van der Waals surface area contributed by atoms with E-state index in [4.69, 9.17) is 4.42 Å². The van der Waals surface area contributed by atoms with E-state index in [9.17, 15) is 14.9 Å². The van der Waals surface area contributed by atoms with Gasteiger partial charge in [-0.15, -0.1) is 0 Å². The Kier molecular flexibility index (Phi) is 3.76. The predicted octanol–water partition coefficient (Wildman–Crippen LogP) is 4.18. The fourth-order valence-electron chi connectivity index (χ4n) is 2.27. The molecule has 2 aromatic carbocycles. The van der Waals surface area contributed by atoms with Gasteiger partial charge >= 0.3 is 0 Å². The second kappa shape index (κ2) is 5.88. The largest absolute Gasteiger partial charge is 0.463 e. The van der Waals surface area contributed by atoms with E-state index in [1.54, 1.807) is 36.4 Å². The van der Waals surface area contributed by atoms with Crippen molar-refractivity contribution in [3.8, 4) is 0 Å². The van der Waals surface area contributed by atoms with E-state index in [0.717, 1.165) is 11.1 Å². The molecule has 0 unspecified atom stereocenters. The first kappa shape index (κ1) is 14.7. The van der Waals surface area contributed by atoms with E-state index in [0.29, 0.717) is 16.5 Å². The van der Waals surface area contributed by atoms with Crippen molar-refractivity contribution in [1.82, 2.24) is 0 Å². The summed E-state index contributed by atoms with van der Waals surface area (Å²) in [5.74, 6) is 0. The molecule has 0 spiro atoms. The Hall–Kier alpha value is -3.21. The minimum atomic E-state index is -0.451. The van der Waals surface area contributed by atoms with Crippen LogP contribution in [-0.4, -0.2) is 4.92 Å². The molecule has 3 rings (SSSR count). The molecule has 0 fully saturated rings. The Balaban J connectivity index is 1.96. The quantitative estimate of drug-likeness (QED) is 0.537. The molecule has 23 heavy (non-hydrogen) atoms. The molecule has 1 aromatic heterocycles. The van der Waals surface area contributed by atoms with Crippen LogP contribution in [0.4, 0.5) is 5.69 Å². The van der Waals surface area contributed by atoms with Crippen LogP contribution in [0.1, 0.15) is 16.7 Å². The van der Waals surface area contributed by atoms with Crippen molar-refractivity contribution in [2.45, 2.75) is 6.92 Å². The summed E-state index contributed by atoms with van der Waals surface area (Å²) in [5.41, 5.74) is 2.66. The molecule has 5 nitrogen and oxygen atoms in total. The van der Waals surface area contributed by atoms with Crippen LogP contribution < -0.4 is 5.43 Å². The third kappa shape index (κ3) is 3.03. The number of nitro groups is 1. The van der Waals surface area contributed by atoms with E-state index >= 15 is 0 Å². The van der Waals surface area contributed by atoms with Crippen LogP contribution in [0.5, 0.6) is 0 Å². The SMILES string of the molecule is Cc1ccc2occ(/C=C\c3ccc([N+](=O)[O-])cc3)c(=O)c2c1. The number of rotatable bonds is 3. The molecule has 0 bridgehead atoms. The molecule has 114 valence electrons. The zero-order valence-corrected chi connectivity index (χ0v) is 12.4. The zero-order valence-electron chi connectivity index (χ0n) is 12.4. The molecule has 0 N–H and O–H groups in total. The topological polar surface area (TPSA) is 73.3 Å². The number of nitrogens with zero attached hydrogens (tertiary/aromatic N) is 1. The molecule has 0 saturated carbocycles. The van der Waals surface area contributed by atoms with E-state index in [1.807, 2.05) is 13.0 Å². The van der Waals surface area contributed by atoms with E-state index in [1.165, 1.54) is 18.4 Å². The smallest absolute Gasteiger partial charge is 0.269 e. The van der Waals surface area contributed by atoms with Crippen LogP contribution in [0, 0.1) is 17.0 Å². The van der Waals surface area contributed by atoms with Gasteiger partial charge in [0.25, 0.3) is 5.69 Å². The summed E-state index contributed by atoms with van der Waals surface area (Å²) < 4.78 is 5.48. The lowest BCUT2D eigenvalue weighted by Crippen LogP contribution is -2.04. The van der Waals surface area contributed by atoms with Gasteiger partial charge in [0.2, 0.25) is 0 Å². The maximum Gasteiger partial charge on any atom is 0.269 e. The first-order chi connectivity index (χ1) is 11.0. The summed E-state index contributed by atoms with van der Waals surface area (Å²) in [7, 11) is 0. The number of benzene rings is 2. The Labute approximate surface area is 131 Å². The highest BCUT2D eigenvalue weighted by Crippen LogP contribution is 2.16. The summed E-state index contributed by atoms with van der Waals surface area (Å²) in [4.78, 5) is 22.6. The lowest BCUT2D eigenvalue weighted by atomic mass is 10.1. The minimum absolute atomic E-state index is 0.0304. The van der Waals surface area contributed by atoms with Crippen LogP contribution in [0.25, 0.3) is 23.1 Å². The van der Waals surface area contributed by atoms with Crippen molar-refractivity contribution in [3.63, 3.8) is 0 Å². The summed E-state index contributed by atoms with van der Waals surface area (Å²) in [6, 6.07) is 11.6. The van der Waals surface area contributed by atoms with E-state index in [2.05, 4.69) is 0 Å². The molecule has 1 heterocycles. The third-order valence-corrected chi connectivity index (χ3v) is 3.51. The van der Waals surface area contributed by atoms with Crippen LogP contribution in [0.15, 0.2) is 57.9 Å². The summed E-state index contributed by atoms with van der Waals surface area (Å²) in [6.07, 6.45) is 4.79. The number of aryl methyl sites for hydroxylation is 1. The summed E-state index contributed by atoms with van der Waals surface area (Å²) in [6.45, 7) is 1.91. The van der Waals surface area contributed by atoms with Crippen molar-refractivity contribution in [1.29, 1.82) is 0 Å². The van der Waals surface area contributed by atoms with E-state index in [-0.39, 0.29) is 11.1 Å². The van der Waals surface area contributed by atoms with Crippen LogP contribution in [0.2, 0.25) is 0 Å². The number of nitro benzene ring substituents is 1. The molecule has 0 atom stereocenters. The van der Waals surface area contributed by atoms with Gasteiger partial charge in [-0.05, 0) is 42.8 Å². The van der Waals surface area contributed by atoms with Crippen molar-refractivity contribution in [3.05, 3.63) is 85.8 Å². The Morgan fingerprint density at radius 1 is 1.09 bits per heavy atom. The van der Waals surface area contributed by atoms with Gasteiger partial charge in [-0.1, -0.05) is 17.7 Å². The highest BCUT2D eigenvalue weighted by atomic mass is 16.6. The molecule has 5 heteroatoms. The van der Waals surface area contributed by atoms with Gasteiger partial charge in [0.1, 0.15) is 11.8 Å². The summed E-state index contributed by atoms with van der Waals surface area (Å²) in [5, 5.41) is 11.2. The average molecular weight is 307 g/mol. The zero-order chi connectivity index (χ0) is 16.4. The lowest BCUT2D eigenvalue weighted by molar-refractivity contribution is -0.384. The van der Waals surface area contributed by atoms with Gasteiger partial charge in [-0.3, -0.25) is 14.9 Å². The standard InChI is InChI=1S/C18H13NO4/c1-12-2-9-17-16(10-12)18(20)14(11-23-17)6-3-13-4-7-15(8-5-13)19(21)22/h2-11H,1H3/b6-3-. The van der Waals surface area contributed by atoms with Crippen molar-refractivity contribution in [2.24, 2.45) is 0 Å². The van der Waals surface area contributed by atoms with Gasteiger partial charge in [0.15, 0.2) is 5.43 Å². The van der Waals surface area contributed by atoms with Crippen molar-refractivity contribution < 1.29 is 9.34 Å². The molecule has 0 amide bonds. The molecule has 0 aliphatic carbocycles. The molecule has 0 aliphatic rings. The number of non-ortho nitro benzene ring substituents is 1. The first-order valence-electron chi connectivity index (χ1n) is 6.99. The number of hydrogen-bond donors (Lipinski definition) is 0. The second-order valence-corrected chi connectivity index (χ2v) is 5.20. The Morgan fingerprint density at radius 2 is 1.83 bits per heavy atom. The summed E-state index contributed by atoms with van der Waals surface area (Å²) >= 11 is 0. The average Bonchev–Trinajstić information content (AvgIpc) is 2.55. The molecule has 3 aromatic rings. The van der Waals surface area contributed by atoms with E-state index < -0.39 is 4.92 Å². The van der Waals surface area contributed by atoms with Crippen LogP contribution in [0.3, 0.4) is 0 Å².